The van der Waals surface area contributed by atoms with Gasteiger partial charge in [0.1, 0.15) is 0 Å². The molecule has 0 aromatic heterocycles. The fraction of sp³-hybridized carbons (Fsp3) is 0.917. The summed E-state index contributed by atoms with van der Waals surface area (Å²) in [5, 5.41) is 2.67. The molecule has 1 rings (SSSR count). The molecular weight excluding hydrogens is 202 g/mol. The molecule has 1 aliphatic rings. The molecule has 1 aliphatic heterocycles. The van der Waals surface area contributed by atoms with E-state index >= 15 is 0 Å². The van der Waals surface area contributed by atoms with Crippen LogP contribution in [0, 0.1) is 5.92 Å². The van der Waals surface area contributed by atoms with Crippen molar-refractivity contribution in [3.8, 4) is 0 Å². The van der Waals surface area contributed by atoms with Crippen molar-refractivity contribution < 1.29 is 4.79 Å². The number of amides is 1. The molecule has 4 heteroatoms. The van der Waals surface area contributed by atoms with Crippen LogP contribution in [0.1, 0.15) is 20.3 Å². The van der Waals surface area contributed by atoms with E-state index in [1.807, 2.05) is 0 Å². The number of carbonyl (C=O) groups excluding carboxylic acids is 1. The summed E-state index contributed by atoms with van der Waals surface area (Å²) in [7, 11) is 1.70. The van der Waals surface area contributed by atoms with Crippen molar-refractivity contribution in [2.75, 3.05) is 46.3 Å². The SMILES string of the molecule is CNC(=O)CN1CCN(CCC(C)C)CC1. The van der Waals surface area contributed by atoms with Gasteiger partial charge in [-0.1, -0.05) is 13.8 Å². The van der Waals surface area contributed by atoms with Crippen LogP contribution < -0.4 is 5.32 Å². The third kappa shape index (κ3) is 4.94. The summed E-state index contributed by atoms with van der Waals surface area (Å²) in [4.78, 5) is 15.9. The minimum atomic E-state index is 0.121. The van der Waals surface area contributed by atoms with Gasteiger partial charge in [0, 0.05) is 33.2 Å². The molecule has 1 fully saturated rings. The van der Waals surface area contributed by atoms with E-state index in [2.05, 4.69) is 29.0 Å². The highest BCUT2D eigenvalue weighted by molar-refractivity contribution is 5.77. The lowest BCUT2D eigenvalue weighted by atomic mass is 10.1. The molecule has 1 N–H and O–H groups in total. The summed E-state index contributed by atoms with van der Waals surface area (Å²) in [6, 6.07) is 0. The number of rotatable bonds is 5. The van der Waals surface area contributed by atoms with E-state index in [1.165, 1.54) is 13.0 Å². The first-order valence-electron chi connectivity index (χ1n) is 6.27. The normalized spacial score (nSPS) is 19.0. The summed E-state index contributed by atoms with van der Waals surface area (Å²) in [5.41, 5.74) is 0. The number of piperazine rings is 1. The molecule has 1 heterocycles. The third-order valence-corrected chi connectivity index (χ3v) is 3.13. The number of hydrogen-bond donors (Lipinski definition) is 1. The van der Waals surface area contributed by atoms with Crippen LogP contribution in [0.4, 0.5) is 0 Å². The van der Waals surface area contributed by atoms with Crippen LogP contribution in [-0.4, -0.2) is 62.0 Å². The number of nitrogens with one attached hydrogen (secondary N) is 1. The van der Waals surface area contributed by atoms with E-state index in [0.29, 0.717) is 6.54 Å². The topological polar surface area (TPSA) is 35.6 Å². The lowest BCUT2D eigenvalue weighted by Crippen LogP contribution is -2.49. The van der Waals surface area contributed by atoms with Gasteiger partial charge in [0.2, 0.25) is 5.91 Å². The largest absolute Gasteiger partial charge is 0.358 e. The Bertz CT molecular complexity index is 210. The van der Waals surface area contributed by atoms with Crippen molar-refractivity contribution >= 4 is 5.91 Å². The lowest BCUT2D eigenvalue weighted by molar-refractivity contribution is -0.122. The molecule has 94 valence electrons. The van der Waals surface area contributed by atoms with Crippen molar-refractivity contribution in [1.29, 1.82) is 0 Å². The summed E-state index contributed by atoms with van der Waals surface area (Å²) in [5.74, 6) is 0.902. The van der Waals surface area contributed by atoms with Crippen LogP contribution in [-0.2, 0) is 4.79 Å². The van der Waals surface area contributed by atoms with E-state index in [4.69, 9.17) is 0 Å². The lowest BCUT2D eigenvalue weighted by Gasteiger charge is -2.34. The average Bonchev–Trinajstić information content (AvgIpc) is 2.28. The molecule has 1 saturated heterocycles. The quantitative estimate of drug-likeness (QED) is 0.738. The first kappa shape index (κ1) is 13.5. The highest BCUT2D eigenvalue weighted by Crippen LogP contribution is 2.06. The molecule has 0 saturated carbocycles. The predicted molar refractivity (Wildman–Crippen MR) is 66.4 cm³/mol. The van der Waals surface area contributed by atoms with Crippen LogP contribution in [0.15, 0.2) is 0 Å². The van der Waals surface area contributed by atoms with E-state index in [9.17, 15) is 4.79 Å². The fourth-order valence-corrected chi connectivity index (χ4v) is 1.89. The maximum absolute atomic E-state index is 11.2. The maximum Gasteiger partial charge on any atom is 0.233 e. The fourth-order valence-electron chi connectivity index (χ4n) is 1.89. The van der Waals surface area contributed by atoms with Crippen LogP contribution in [0.3, 0.4) is 0 Å². The summed E-state index contributed by atoms with van der Waals surface area (Å²) in [6.07, 6.45) is 1.27. The Balaban J connectivity index is 2.16. The van der Waals surface area contributed by atoms with Crippen LogP contribution >= 0.6 is 0 Å². The number of carbonyl (C=O) groups is 1. The second-order valence-corrected chi connectivity index (χ2v) is 4.97. The molecule has 0 unspecified atom stereocenters. The molecule has 0 aliphatic carbocycles. The Morgan fingerprint density at radius 2 is 1.75 bits per heavy atom. The minimum Gasteiger partial charge on any atom is -0.358 e. The van der Waals surface area contributed by atoms with Gasteiger partial charge in [-0.25, -0.2) is 0 Å². The number of hydrogen-bond acceptors (Lipinski definition) is 3. The van der Waals surface area contributed by atoms with E-state index in [-0.39, 0.29) is 5.91 Å². The maximum atomic E-state index is 11.2. The number of nitrogens with zero attached hydrogens (tertiary/aromatic N) is 2. The van der Waals surface area contributed by atoms with Gasteiger partial charge in [0.15, 0.2) is 0 Å². The van der Waals surface area contributed by atoms with Crippen LogP contribution in [0.2, 0.25) is 0 Å². The Hall–Kier alpha value is -0.610. The molecule has 1 amide bonds. The van der Waals surface area contributed by atoms with Gasteiger partial charge in [-0.05, 0) is 18.9 Å². The number of likely N-dealkylation sites (N-methyl/N-ethyl adjacent to an activating group) is 1. The van der Waals surface area contributed by atoms with E-state index in [1.54, 1.807) is 7.05 Å². The predicted octanol–water partition coefficient (Wildman–Crippen LogP) is 0.396. The van der Waals surface area contributed by atoms with Gasteiger partial charge in [0.25, 0.3) is 0 Å². The van der Waals surface area contributed by atoms with Crippen molar-refractivity contribution in [3.63, 3.8) is 0 Å². The van der Waals surface area contributed by atoms with Gasteiger partial charge in [0.05, 0.1) is 6.54 Å². The van der Waals surface area contributed by atoms with Gasteiger partial charge >= 0.3 is 0 Å². The van der Waals surface area contributed by atoms with Crippen LogP contribution in [0.25, 0.3) is 0 Å². The second kappa shape index (κ2) is 6.86. The molecule has 16 heavy (non-hydrogen) atoms. The zero-order valence-corrected chi connectivity index (χ0v) is 10.8. The van der Waals surface area contributed by atoms with Crippen molar-refractivity contribution in [2.24, 2.45) is 5.92 Å². The van der Waals surface area contributed by atoms with E-state index < -0.39 is 0 Å². The van der Waals surface area contributed by atoms with Crippen molar-refractivity contribution in [2.45, 2.75) is 20.3 Å². The molecule has 4 nitrogen and oxygen atoms in total. The van der Waals surface area contributed by atoms with Crippen LogP contribution in [0.5, 0.6) is 0 Å². The molecule has 0 spiro atoms. The second-order valence-electron chi connectivity index (χ2n) is 4.97. The molecule has 0 aromatic rings. The van der Waals surface area contributed by atoms with Gasteiger partial charge in [-0.2, -0.15) is 0 Å². The Labute approximate surface area is 99.0 Å². The Morgan fingerprint density at radius 1 is 1.19 bits per heavy atom. The van der Waals surface area contributed by atoms with Crippen molar-refractivity contribution in [3.05, 3.63) is 0 Å². The minimum absolute atomic E-state index is 0.121. The van der Waals surface area contributed by atoms with Gasteiger partial charge in [-0.3, -0.25) is 9.69 Å². The van der Waals surface area contributed by atoms with E-state index in [0.717, 1.165) is 32.1 Å². The summed E-state index contributed by atoms with van der Waals surface area (Å²) >= 11 is 0. The van der Waals surface area contributed by atoms with Gasteiger partial charge in [-0.15, -0.1) is 0 Å². The highest BCUT2D eigenvalue weighted by atomic mass is 16.1. The monoisotopic (exact) mass is 227 g/mol. The summed E-state index contributed by atoms with van der Waals surface area (Å²) in [6.45, 7) is 10.5. The average molecular weight is 227 g/mol. The Kier molecular flexibility index (Phi) is 5.77. The molecular formula is C12H25N3O. The standard InChI is InChI=1S/C12H25N3O/c1-11(2)4-5-14-6-8-15(9-7-14)10-12(16)13-3/h11H,4-10H2,1-3H3,(H,13,16). The smallest absolute Gasteiger partial charge is 0.233 e. The third-order valence-electron chi connectivity index (χ3n) is 3.13. The molecule has 0 atom stereocenters. The summed E-state index contributed by atoms with van der Waals surface area (Å²) < 4.78 is 0. The first-order valence-corrected chi connectivity index (χ1v) is 6.27. The molecule has 0 aromatic carbocycles. The first-order chi connectivity index (χ1) is 7.61. The highest BCUT2D eigenvalue weighted by Gasteiger charge is 2.18. The van der Waals surface area contributed by atoms with Gasteiger partial charge < -0.3 is 10.2 Å². The Morgan fingerprint density at radius 3 is 2.25 bits per heavy atom. The zero-order valence-electron chi connectivity index (χ0n) is 10.8. The zero-order chi connectivity index (χ0) is 12.0. The molecule has 0 bridgehead atoms. The molecule has 0 radical (unpaired) electrons. The van der Waals surface area contributed by atoms with Crippen molar-refractivity contribution in [1.82, 2.24) is 15.1 Å².